The van der Waals surface area contributed by atoms with Crippen molar-refractivity contribution < 1.29 is 9.18 Å². The van der Waals surface area contributed by atoms with Gasteiger partial charge in [-0.1, -0.05) is 36.4 Å². The van der Waals surface area contributed by atoms with Crippen LogP contribution in [0.25, 0.3) is 0 Å². The van der Waals surface area contributed by atoms with E-state index in [4.69, 9.17) is 0 Å². The number of hydrogen-bond acceptors (Lipinski definition) is 3. The van der Waals surface area contributed by atoms with Crippen molar-refractivity contribution in [2.45, 2.75) is 19.0 Å². The number of aromatic nitrogens is 1. The van der Waals surface area contributed by atoms with Gasteiger partial charge in [-0.05, 0) is 47.4 Å². The maximum absolute atomic E-state index is 13.4. The number of nitrogens with one attached hydrogen (secondary N) is 1. The highest BCUT2D eigenvalue weighted by Gasteiger charge is 2.25. The largest absolute Gasteiger partial charge is 0.350 e. The zero-order valence-corrected chi connectivity index (χ0v) is 15.5. The van der Waals surface area contributed by atoms with Gasteiger partial charge in [0.1, 0.15) is 5.82 Å². The highest BCUT2D eigenvalue weighted by molar-refractivity contribution is 5.94. The lowest BCUT2D eigenvalue weighted by atomic mass is 9.97. The van der Waals surface area contributed by atoms with E-state index in [9.17, 15) is 9.18 Å². The predicted molar refractivity (Wildman–Crippen MR) is 106 cm³/mol. The molecule has 0 bridgehead atoms. The molecule has 4 nitrogen and oxygen atoms in total. The van der Waals surface area contributed by atoms with E-state index in [1.54, 1.807) is 18.3 Å². The van der Waals surface area contributed by atoms with Crippen LogP contribution in [0, 0.1) is 5.82 Å². The summed E-state index contributed by atoms with van der Waals surface area (Å²) in [5, 5.41) is 2.97. The van der Waals surface area contributed by atoms with Crippen LogP contribution in [0.15, 0.2) is 73.1 Å². The molecular formula is C23H22FN3O. The summed E-state index contributed by atoms with van der Waals surface area (Å²) < 4.78 is 13.4. The second-order valence-corrected chi connectivity index (χ2v) is 7.01. The first-order valence-corrected chi connectivity index (χ1v) is 9.45. The maximum atomic E-state index is 13.4. The zero-order chi connectivity index (χ0) is 19.3. The molecule has 1 aliphatic rings. The van der Waals surface area contributed by atoms with E-state index in [2.05, 4.69) is 39.5 Å². The normalized spacial score (nSPS) is 14.9. The van der Waals surface area contributed by atoms with E-state index in [0.29, 0.717) is 12.1 Å². The molecule has 4 rings (SSSR count). The summed E-state index contributed by atoms with van der Waals surface area (Å²) >= 11 is 0. The second kappa shape index (κ2) is 8.31. The molecule has 0 saturated carbocycles. The van der Waals surface area contributed by atoms with E-state index in [-0.39, 0.29) is 11.9 Å². The van der Waals surface area contributed by atoms with Crippen LogP contribution in [-0.4, -0.2) is 28.9 Å². The molecule has 1 amide bonds. The third-order valence-electron chi connectivity index (χ3n) is 5.21. The first-order chi connectivity index (χ1) is 13.7. The van der Waals surface area contributed by atoms with Gasteiger partial charge < -0.3 is 5.32 Å². The number of rotatable bonds is 5. The van der Waals surface area contributed by atoms with Crippen LogP contribution in [0.2, 0.25) is 0 Å². The van der Waals surface area contributed by atoms with Crippen molar-refractivity contribution in [3.8, 4) is 0 Å². The zero-order valence-electron chi connectivity index (χ0n) is 15.5. The Hall–Kier alpha value is -3.05. The third kappa shape index (κ3) is 4.10. The topological polar surface area (TPSA) is 45.2 Å². The Bertz CT molecular complexity index is 961. The summed E-state index contributed by atoms with van der Waals surface area (Å²) in [6, 6.07) is 18.2. The second-order valence-electron chi connectivity index (χ2n) is 7.01. The standard InChI is InChI=1S/C23H22FN3O/c24-21-9-3-7-18(13-21)23(28)26-15-22(19-8-4-11-25-14-19)27-12-10-17-5-1-2-6-20(17)16-27/h1-9,11,13-14,22H,10,12,15-16H2,(H,26,28)/t22-/m0/s1. The number of pyridine rings is 1. The van der Waals surface area contributed by atoms with E-state index < -0.39 is 5.82 Å². The lowest BCUT2D eigenvalue weighted by molar-refractivity contribution is 0.0927. The summed E-state index contributed by atoms with van der Waals surface area (Å²) in [4.78, 5) is 19.1. The maximum Gasteiger partial charge on any atom is 0.251 e. The minimum absolute atomic E-state index is 0.000402. The number of nitrogens with zero attached hydrogens (tertiary/aromatic N) is 2. The minimum atomic E-state index is -0.413. The number of amides is 1. The number of carbonyl (C=O) groups is 1. The molecule has 1 N–H and O–H groups in total. The van der Waals surface area contributed by atoms with E-state index in [0.717, 1.165) is 25.1 Å². The molecule has 28 heavy (non-hydrogen) atoms. The first-order valence-electron chi connectivity index (χ1n) is 9.45. The van der Waals surface area contributed by atoms with Gasteiger partial charge in [-0.25, -0.2) is 4.39 Å². The molecule has 2 heterocycles. The highest BCUT2D eigenvalue weighted by atomic mass is 19.1. The molecule has 2 aromatic carbocycles. The Morgan fingerprint density at radius 2 is 1.96 bits per heavy atom. The van der Waals surface area contributed by atoms with Crippen LogP contribution in [0.1, 0.15) is 33.1 Å². The number of hydrogen-bond donors (Lipinski definition) is 1. The summed E-state index contributed by atoms with van der Waals surface area (Å²) in [5.74, 6) is -0.685. The van der Waals surface area contributed by atoms with Gasteiger partial charge in [0.05, 0.1) is 6.04 Å². The van der Waals surface area contributed by atoms with Crippen LogP contribution >= 0.6 is 0 Å². The third-order valence-corrected chi connectivity index (χ3v) is 5.21. The van der Waals surface area contributed by atoms with E-state index in [1.807, 2.05) is 18.3 Å². The average Bonchev–Trinajstić information content (AvgIpc) is 2.74. The van der Waals surface area contributed by atoms with Crippen LogP contribution in [-0.2, 0) is 13.0 Å². The molecule has 142 valence electrons. The van der Waals surface area contributed by atoms with Crippen molar-refractivity contribution in [1.29, 1.82) is 0 Å². The SMILES string of the molecule is O=C(NC[C@@H](c1cccnc1)N1CCc2ccccc2C1)c1cccc(F)c1. The molecular weight excluding hydrogens is 353 g/mol. The Morgan fingerprint density at radius 3 is 2.75 bits per heavy atom. The molecule has 3 aromatic rings. The van der Waals surface area contributed by atoms with Crippen molar-refractivity contribution in [3.63, 3.8) is 0 Å². The molecule has 0 spiro atoms. The Balaban J connectivity index is 1.53. The summed E-state index contributed by atoms with van der Waals surface area (Å²) in [7, 11) is 0. The lowest BCUT2D eigenvalue weighted by Gasteiger charge is -2.36. The van der Waals surface area contributed by atoms with Crippen molar-refractivity contribution in [2.24, 2.45) is 0 Å². The predicted octanol–water partition coefficient (Wildman–Crippen LogP) is 3.75. The molecule has 1 atom stereocenters. The Morgan fingerprint density at radius 1 is 1.11 bits per heavy atom. The van der Waals surface area contributed by atoms with Gasteiger partial charge in [0, 0.05) is 37.6 Å². The van der Waals surface area contributed by atoms with E-state index >= 15 is 0 Å². The van der Waals surface area contributed by atoms with Crippen LogP contribution in [0.5, 0.6) is 0 Å². The number of halogens is 1. The monoisotopic (exact) mass is 375 g/mol. The van der Waals surface area contributed by atoms with Gasteiger partial charge in [-0.3, -0.25) is 14.7 Å². The molecule has 0 radical (unpaired) electrons. The minimum Gasteiger partial charge on any atom is -0.350 e. The molecule has 0 aliphatic carbocycles. The van der Waals surface area contributed by atoms with Crippen LogP contribution < -0.4 is 5.32 Å². The van der Waals surface area contributed by atoms with Gasteiger partial charge in [0.25, 0.3) is 5.91 Å². The van der Waals surface area contributed by atoms with Crippen molar-refractivity contribution in [3.05, 3.63) is 101 Å². The molecule has 1 aromatic heterocycles. The lowest BCUT2D eigenvalue weighted by Crippen LogP contribution is -2.40. The van der Waals surface area contributed by atoms with Gasteiger partial charge in [-0.2, -0.15) is 0 Å². The number of fused-ring (bicyclic) bond motifs is 1. The van der Waals surface area contributed by atoms with Gasteiger partial charge in [0.2, 0.25) is 0 Å². The molecule has 0 fully saturated rings. The number of benzene rings is 2. The van der Waals surface area contributed by atoms with Gasteiger partial charge in [-0.15, -0.1) is 0 Å². The quantitative estimate of drug-likeness (QED) is 0.739. The fraction of sp³-hybridized carbons (Fsp3) is 0.217. The molecule has 5 heteroatoms. The highest BCUT2D eigenvalue weighted by Crippen LogP contribution is 2.27. The summed E-state index contributed by atoms with van der Waals surface area (Å²) in [5.41, 5.74) is 4.09. The van der Waals surface area contributed by atoms with Crippen molar-refractivity contribution in [2.75, 3.05) is 13.1 Å². The molecule has 0 saturated heterocycles. The Labute approximate surface area is 164 Å². The molecule has 0 unspecified atom stereocenters. The molecule has 1 aliphatic heterocycles. The van der Waals surface area contributed by atoms with Crippen molar-refractivity contribution >= 4 is 5.91 Å². The first kappa shape index (κ1) is 18.3. The van der Waals surface area contributed by atoms with E-state index in [1.165, 1.54) is 23.3 Å². The summed E-state index contributed by atoms with van der Waals surface area (Å²) in [6.45, 7) is 2.17. The van der Waals surface area contributed by atoms with Gasteiger partial charge >= 0.3 is 0 Å². The fourth-order valence-corrected chi connectivity index (χ4v) is 3.74. The number of carbonyl (C=O) groups excluding carboxylic acids is 1. The smallest absolute Gasteiger partial charge is 0.251 e. The van der Waals surface area contributed by atoms with Gasteiger partial charge in [0.15, 0.2) is 0 Å². The van der Waals surface area contributed by atoms with Crippen molar-refractivity contribution in [1.82, 2.24) is 15.2 Å². The van der Waals surface area contributed by atoms with Crippen LogP contribution in [0.3, 0.4) is 0 Å². The fourth-order valence-electron chi connectivity index (χ4n) is 3.74. The summed E-state index contributed by atoms with van der Waals surface area (Å²) in [6.07, 6.45) is 4.57. The van der Waals surface area contributed by atoms with Crippen LogP contribution in [0.4, 0.5) is 4.39 Å². The average molecular weight is 375 g/mol. The Kier molecular flexibility index (Phi) is 5.44.